The minimum absolute atomic E-state index is 0.127. The molecular formula is C14H23N2O6P. The summed E-state index contributed by atoms with van der Waals surface area (Å²) < 4.78 is 23.9. The Labute approximate surface area is 134 Å². The second kappa shape index (κ2) is 8.98. The van der Waals surface area contributed by atoms with Gasteiger partial charge >= 0.3 is 13.3 Å². The summed E-state index contributed by atoms with van der Waals surface area (Å²) in [5.41, 5.74) is -0.621. The van der Waals surface area contributed by atoms with E-state index in [1.165, 1.54) is 22.7 Å². The van der Waals surface area contributed by atoms with Crippen LogP contribution in [0.1, 0.15) is 19.4 Å². The van der Waals surface area contributed by atoms with E-state index in [0.29, 0.717) is 5.56 Å². The highest BCUT2D eigenvalue weighted by molar-refractivity contribution is 7.57. The summed E-state index contributed by atoms with van der Waals surface area (Å²) in [6.07, 6.45) is 2.92. The van der Waals surface area contributed by atoms with Gasteiger partial charge < -0.3 is 14.2 Å². The summed E-state index contributed by atoms with van der Waals surface area (Å²) in [6.45, 7) is 5.29. The van der Waals surface area contributed by atoms with Gasteiger partial charge in [0.15, 0.2) is 0 Å². The average Bonchev–Trinajstić information content (AvgIpc) is 2.49. The van der Waals surface area contributed by atoms with Crippen LogP contribution >= 0.6 is 7.60 Å². The largest absolute Gasteiger partial charge is 0.396 e. The van der Waals surface area contributed by atoms with Gasteiger partial charge in [0, 0.05) is 30.0 Å². The predicted molar refractivity (Wildman–Crippen MR) is 86.6 cm³/mol. The Morgan fingerprint density at radius 3 is 2.48 bits per heavy atom. The molecule has 0 saturated heterocycles. The number of hydrogen-bond donors (Lipinski definition) is 2. The van der Waals surface area contributed by atoms with Crippen molar-refractivity contribution in [1.29, 1.82) is 0 Å². The number of aromatic nitrogens is 2. The Morgan fingerprint density at radius 1 is 1.35 bits per heavy atom. The summed E-state index contributed by atoms with van der Waals surface area (Å²) in [7, 11) is -3.36. The normalized spacial score (nSPS) is 13.6. The molecule has 0 radical (unpaired) electrons. The minimum atomic E-state index is -3.36. The number of nitrogens with zero attached hydrogens (tertiary/aromatic N) is 1. The van der Waals surface area contributed by atoms with Gasteiger partial charge in [-0.2, -0.15) is 0 Å². The van der Waals surface area contributed by atoms with Crippen molar-refractivity contribution in [3.8, 4) is 0 Å². The van der Waals surface area contributed by atoms with Crippen LogP contribution in [0, 0.1) is 12.8 Å². The van der Waals surface area contributed by atoms with Gasteiger partial charge in [-0.3, -0.25) is 18.9 Å². The summed E-state index contributed by atoms with van der Waals surface area (Å²) in [4.78, 5) is 25.3. The third-order valence-corrected chi connectivity index (χ3v) is 4.79. The van der Waals surface area contributed by atoms with E-state index in [0.717, 1.165) is 0 Å². The lowest BCUT2D eigenvalue weighted by atomic mass is 10.1. The molecule has 0 saturated carbocycles. The number of aryl methyl sites for hydroxylation is 1. The fourth-order valence-corrected chi connectivity index (χ4v) is 3.32. The van der Waals surface area contributed by atoms with E-state index in [9.17, 15) is 19.3 Å². The van der Waals surface area contributed by atoms with Crippen LogP contribution in [0.2, 0.25) is 0 Å². The number of nitrogens with one attached hydrogen (secondary N) is 1. The van der Waals surface area contributed by atoms with Crippen LogP contribution in [0.5, 0.6) is 0 Å². The van der Waals surface area contributed by atoms with Crippen molar-refractivity contribution in [2.75, 3.05) is 19.8 Å². The summed E-state index contributed by atoms with van der Waals surface area (Å²) >= 11 is 0. The molecule has 1 aromatic heterocycles. The number of hydrogen-bond acceptors (Lipinski definition) is 6. The van der Waals surface area contributed by atoms with E-state index in [4.69, 9.17) is 9.05 Å². The first-order valence-corrected chi connectivity index (χ1v) is 8.95. The van der Waals surface area contributed by atoms with Crippen LogP contribution < -0.4 is 11.2 Å². The molecule has 0 bridgehead atoms. The van der Waals surface area contributed by atoms with Crippen molar-refractivity contribution in [1.82, 2.24) is 9.55 Å². The molecule has 23 heavy (non-hydrogen) atoms. The maximum Gasteiger partial charge on any atom is 0.353 e. The summed E-state index contributed by atoms with van der Waals surface area (Å²) in [5, 5.41) is 9.45. The first-order chi connectivity index (χ1) is 10.8. The molecule has 0 aromatic carbocycles. The van der Waals surface area contributed by atoms with Crippen molar-refractivity contribution in [3.63, 3.8) is 0 Å². The quantitative estimate of drug-likeness (QED) is 0.651. The number of aliphatic hydroxyl groups is 1. The molecule has 8 nitrogen and oxygen atoms in total. The zero-order valence-corrected chi connectivity index (χ0v) is 14.4. The van der Waals surface area contributed by atoms with Gasteiger partial charge in [0.1, 0.15) is 0 Å². The van der Waals surface area contributed by atoms with Gasteiger partial charge in [-0.05, 0) is 20.8 Å². The first kappa shape index (κ1) is 19.6. The van der Waals surface area contributed by atoms with Gasteiger partial charge in [0.25, 0.3) is 5.56 Å². The molecule has 1 atom stereocenters. The topological polar surface area (TPSA) is 111 Å². The molecular weight excluding hydrogens is 323 g/mol. The number of aliphatic hydroxyl groups excluding tert-OH is 1. The molecule has 1 heterocycles. The van der Waals surface area contributed by atoms with Crippen molar-refractivity contribution in [2.45, 2.75) is 27.3 Å². The lowest BCUT2D eigenvalue weighted by molar-refractivity contribution is 0.226. The van der Waals surface area contributed by atoms with Gasteiger partial charge in [-0.25, -0.2) is 4.79 Å². The molecule has 130 valence electrons. The monoisotopic (exact) mass is 346 g/mol. The van der Waals surface area contributed by atoms with Crippen LogP contribution in [0.4, 0.5) is 0 Å². The van der Waals surface area contributed by atoms with E-state index in [1.807, 2.05) is 0 Å². The van der Waals surface area contributed by atoms with Gasteiger partial charge in [0.05, 0.1) is 19.8 Å². The van der Waals surface area contributed by atoms with Crippen LogP contribution in [0.3, 0.4) is 0 Å². The van der Waals surface area contributed by atoms with E-state index in [2.05, 4.69) is 4.98 Å². The van der Waals surface area contributed by atoms with Gasteiger partial charge in [-0.15, -0.1) is 0 Å². The van der Waals surface area contributed by atoms with Crippen molar-refractivity contribution >= 4 is 7.60 Å². The number of H-pyrrole nitrogens is 1. The van der Waals surface area contributed by atoms with Crippen molar-refractivity contribution in [2.24, 2.45) is 5.92 Å². The zero-order valence-electron chi connectivity index (χ0n) is 13.5. The van der Waals surface area contributed by atoms with Crippen molar-refractivity contribution in [3.05, 3.63) is 44.5 Å². The lowest BCUT2D eigenvalue weighted by Gasteiger charge is -2.15. The summed E-state index contributed by atoms with van der Waals surface area (Å²) in [5.74, 6) is 0.817. The highest BCUT2D eigenvalue weighted by Crippen LogP contribution is 2.49. The van der Waals surface area contributed by atoms with E-state index in [-0.39, 0.29) is 26.4 Å². The minimum Gasteiger partial charge on any atom is -0.396 e. The fraction of sp³-hybridized carbons (Fsp3) is 0.571. The molecule has 1 rings (SSSR count). The van der Waals surface area contributed by atoms with Crippen LogP contribution in [-0.4, -0.2) is 34.5 Å². The van der Waals surface area contributed by atoms with Crippen LogP contribution in [0.25, 0.3) is 0 Å². The lowest BCUT2D eigenvalue weighted by Crippen LogP contribution is -2.32. The smallest absolute Gasteiger partial charge is 0.353 e. The van der Waals surface area contributed by atoms with Gasteiger partial charge in [0.2, 0.25) is 0 Å². The maximum absolute atomic E-state index is 12.3. The Kier molecular flexibility index (Phi) is 7.64. The maximum atomic E-state index is 12.3. The third kappa shape index (κ3) is 5.91. The average molecular weight is 346 g/mol. The molecule has 1 unspecified atom stereocenters. The molecule has 0 amide bonds. The Morgan fingerprint density at radius 2 is 1.96 bits per heavy atom. The second-order valence-corrected chi connectivity index (χ2v) is 6.78. The zero-order chi connectivity index (χ0) is 17.5. The molecule has 0 fully saturated rings. The van der Waals surface area contributed by atoms with Gasteiger partial charge in [-0.1, -0.05) is 6.08 Å². The van der Waals surface area contributed by atoms with E-state index < -0.39 is 24.8 Å². The molecule has 9 heteroatoms. The van der Waals surface area contributed by atoms with Crippen LogP contribution in [0.15, 0.2) is 27.7 Å². The molecule has 0 spiro atoms. The fourth-order valence-electron chi connectivity index (χ4n) is 1.90. The molecule has 0 aliphatic rings. The molecule has 0 aliphatic carbocycles. The molecule has 0 aliphatic heterocycles. The Bertz CT molecular complexity index is 683. The Hall–Kier alpha value is -1.47. The molecule has 2 N–H and O–H groups in total. The van der Waals surface area contributed by atoms with E-state index >= 15 is 0 Å². The van der Waals surface area contributed by atoms with Crippen LogP contribution in [-0.2, 0) is 20.2 Å². The first-order valence-electron chi connectivity index (χ1n) is 7.34. The number of rotatable bonds is 9. The van der Waals surface area contributed by atoms with E-state index in [1.54, 1.807) is 20.8 Å². The Balaban J connectivity index is 2.95. The predicted octanol–water partition coefficient (Wildman–Crippen LogP) is 1.23. The second-order valence-electron chi connectivity index (χ2n) is 4.88. The highest BCUT2D eigenvalue weighted by atomic mass is 31.2. The highest BCUT2D eigenvalue weighted by Gasteiger charge is 2.20. The van der Waals surface area contributed by atoms with Crippen molar-refractivity contribution < 1.29 is 18.7 Å². The number of aromatic amines is 1. The summed E-state index contributed by atoms with van der Waals surface area (Å²) in [6, 6.07) is 0. The molecule has 1 aromatic rings. The standard InChI is InChI=1S/C14H23N2O6P/c1-4-21-23(20,22-5-2)7-6-12(10-17)9-16-8-11(3)13(18)15-14(16)19/h6-8,12,17H,4-5,9-10H2,1-3H3,(H,15,18,19)/b7-6+. The SMILES string of the molecule is CCOP(=O)(/C=C/C(CO)Cn1cc(C)c(=O)[nH]c1=O)OCC. The third-order valence-electron chi connectivity index (χ3n) is 3.01.